The van der Waals surface area contributed by atoms with Crippen molar-refractivity contribution in [3.8, 4) is 5.75 Å². The molecule has 0 spiro atoms. The number of piperidine rings is 1. The maximum absolute atomic E-state index is 13.3. The van der Waals surface area contributed by atoms with Crippen molar-refractivity contribution in [3.63, 3.8) is 0 Å². The van der Waals surface area contributed by atoms with Crippen LogP contribution in [-0.4, -0.2) is 67.0 Å². The second kappa shape index (κ2) is 13.2. The summed E-state index contributed by atoms with van der Waals surface area (Å²) >= 11 is 6.02. The smallest absolute Gasteiger partial charge is 0.253 e. The minimum atomic E-state index is 0.00484. The van der Waals surface area contributed by atoms with Gasteiger partial charge in [0.2, 0.25) is 0 Å². The highest BCUT2D eigenvalue weighted by molar-refractivity contribution is 6.30. The summed E-state index contributed by atoms with van der Waals surface area (Å²) in [5, 5.41) is 0.761. The monoisotopic (exact) mass is 571 g/mol. The first kappa shape index (κ1) is 29.4. The summed E-state index contributed by atoms with van der Waals surface area (Å²) in [6.45, 7) is 11.5. The molecular formula is C35H42ClN3O2. The number of carbonyl (C=O) groups is 1. The Morgan fingerprint density at radius 3 is 2.07 bits per heavy atom. The number of allylic oxidation sites excluding steroid dienone is 1. The molecular weight excluding hydrogens is 530 g/mol. The van der Waals surface area contributed by atoms with Gasteiger partial charge in [-0.05, 0) is 86.3 Å². The molecule has 5 rings (SSSR count). The Hall–Kier alpha value is -3.12. The van der Waals surface area contributed by atoms with Gasteiger partial charge in [0.05, 0.1) is 7.11 Å². The van der Waals surface area contributed by atoms with Gasteiger partial charge in [0.25, 0.3) is 5.91 Å². The van der Waals surface area contributed by atoms with E-state index < -0.39 is 0 Å². The second-order valence-electron chi connectivity index (χ2n) is 11.5. The second-order valence-corrected chi connectivity index (χ2v) is 11.9. The van der Waals surface area contributed by atoms with E-state index in [1.165, 1.54) is 22.3 Å². The summed E-state index contributed by atoms with van der Waals surface area (Å²) in [7, 11) is 1.72. The maximum atomic E-state index is 13.3. The Kier molecular flexibility index (Phi) is 9.49. The predicted octanol–water partition coefficient (Wildman–Crippen LogP) is 6.81. The Morgan fingerprint density at radius 1 is 0.854 bits per heavy atom. The number of halogens is 1. The van der Waals surface area contributed by atoms with Crippen LogP contribution in [0.2, 0.25) is 5.02 Å². The molecule has 0 N–H and O–H groups in total. The van der Waals surface area contributed by atoms with E-state index in [4.69, 9.17) is 16.3 Å². The van der Waals surface area contributed by atoms with Crippen molar-refractivity contribution in [1.82, 2.24) is 14.7 Å². The molecule has 3 aromatic carbocycles. The summed E-state index contributed by atoms with van der Waals surface area (Å²) in [5.74, 6) is 1.02. The lowest BCUT2D eigenvalue weighted by Crippen LogP contribution is -2.48. The summed E-state index contributed by atoms with van der Waals surface area (Å²) in [5.41, 5.74) is 6.05. The van der Waals surface area contributed by atoms with Crippen LogP contribution in [0.3, 0.4) is 0 Å². The number of likely N-dealkylation sites (tertiary alicyclic amines) is 1. The molecule has 2 heterocycles. The molecule has 1 amide bonds. The standard InChI is InChI=1S/C35H42ClN3O2/c1-4-27(2)35(31-12-16-33(41-3)17-13-31)18-5-19-38(26-35)25-28-6-10-30(11-7-28)34(40)39-22-20-37(21-23-39)24-29-8-14-32(36)15-9-29/h4,6-17H,5,18-26H2,1-3H3/b27-4+. The van der Waals surface area contributed by atoms with E-state index in [0.717, 1.165) is 81.5 Å². The van der Waals surface area contributed by atoms with E-state index in [2.05, 4.69) is 78.3 Å². The summed E-state index contributed by atoms with van der Waals surface area (Å²) in [4.78, 5) is 20.2. The van der Waals surface area contributed by atoms with E-state index in [1.807, 2.05) is 29.2 Å². The van der Waals surface area contributed by atoms with Crippen molar-refractivity contribution < 1.29 is 9.53 Å². The van der Waals surface area contributed by atoms with Crippen molar-refractivity contribution in [2.45, 2.75) is 45.2 Å². The van der Waals surface area contributed by atoms with Crippen molar-refractivity contribution in [1.29, 1.82) is 0 Å². The summed E-state index contributed by atoms with van der Waals surface area (Å²) in [6.07, 6.45) is 4.57. The minimum absolute atomic E-state index is 0.00484. The van der Waals surface area contributed by atoms with E-state index in [1.54, 1.807) is 7.11 Å². The van der Waals surface area contributed by atoms with Gasteiger partial charge in [-0.2, -0.15) is 0 Å². The van der Waals surface area contributed by atoms with Gasteiger partial charge in [0, 0.05) is 61.8 Å². The van der Waals surface area contributed by atoms with Crippen LogP contribution in [0, 0.1) is 0 Å². The average Bonchev–Trinajstić information content (AvgIpc) is 3.02. The maximum Gasteiger partial charge on any atom is 0.253 e. The molecule has 0 radical (unpaired) electrons. The third kappa shape index (κ3) is 6.86. The van der Waals surface area contributed by atoms with Gasteiger partial charge < -0.3 is 9.64 Å². The molecule has 6 heteroatoms. The Labute approximate surface area is 250 Å². The van der Waals surface area contributed by atoms with Gasteiger partial charge in [-0.15, -0.1) is 0 Å². The number of ether oxygens (including phenoxy) is 1. The van der Waals surface area contributed by atoms with Gasteiger partial charge in [-0.25, -0.2) is 0 Å². The molecule has 1 atom stereocenters. The fraction of sp³-hybridized carbons (Fsp3) is 0.400. The zero-order valence-electron chi connectivity index (χ0n) is 24.6. The highest BCUT2D eigenvalue weighted by Gasteiger charge is 2.38. The van der Waals surface area contributed by atoms with Crippen LogP contribution in [-0.2, 0) is 18.5 Å². The molecule has 2 aliphatic rings. The molecule has 5 nitrogen and oxygen atoms in total. The molecule has 2 saturated heterocycles. The number of carbonyl (C=O) groups excluding carboxylic acids is 1. The normalized spacial score (nSPS) is 20.7. The van der Waals surface area contributed by atoms with Crippen LogP contribution in [0.4, 0.5) is 0 Å². The molecule has 0 aliphatic carbocycles. The number of rotatable bonds is 8. The lowest BCUT2D eigenvalue weighted by atomic mass is 9.69. The summed E-state index contributed by atoms with van der Waals surface area (Å²) < 4.78 is 5.41. The highest BCUT2D eigenvalue weighted by Crippen LogP contribution is 2.41. The number of hydrogen-bond acceptors (Lipinski definition) is 4. The van der Waals surface area contributed by atoms with Crippen LogP contribution in [0.25, 0.3) is 0 Å². The highest BCUT2D eigenvalue weighted by atomic mass is 35.5. The number of methoxy groups -OCH3 is 1. The first-order valence-electron chi connectivity index (χ1n) is 14.8. The van der Waals surface area contributed by atoms with Crippen LogP contribution in [0.5, 0.6) is 5.75 Å². The largest absolute Gasteiger partial charge is 0.497 e. The molecule has 41 heavy (non-hydrogen) atoms. The van der Waals surface area contributed by atoms with Gasteiger partial charge in [-0.3, -0.25) is 14.6 Å². The number of benzene rings is 3. The Bertz CT molecular complexity index is 1330. The van der Waals surface area contributed by atoms with E-state index in [0.29, 0.717) is 0 Å². The first-order valence-corrected chi connectivity index (χ1v) is 15.1. The molecule has 2 aliphatic heterocycles. The van der Waals surface area contributed by atoms with Crippen LogP contribution in [0.1, 0.15) is 53.7 Å². The average molecular weight is 572 g/mol. The fourth-order valence-electron chi connectivity index (χ4n) is 6.40. The minimum Gasteiger partial charge on any atom is -0.497 e. The zero-order chi connectivity index (χ0) is 28.8. The fourth-order valence-corrected chi connectivity index (χ4v) is 6.53. The van der Waals surface area contributed by atoms with E-state index in [9.17, 15) is 4.79 Å². The molecule has 216 valence electrons. The van der Waals surface area contributed by atoms with Gasteiger partial charge in [-0.1, -0.05) is 59.6 Å². The van der Waals surface area contributed by atoms with Crippen LogP contribution >= 0.6 is 11.6 Å². The molecule has 0 aromatic heterocycles. The third-order valence-corrected chi connectivity index (χ3v) is 9.24. The van der Waals surface area contributed by atoms with Gasteiger partial charge in [0.15, 0.2) is 0 Å². The number of hydrogen-bond donors (Lipinski definition) is 0. The first-order chi connectivity index (χ1) is 19.9. The Balaban J connectivity index is 1.18. The van der Waals surface area contributed by atoms with Crippen molar-refractivity contribution in [2.24, 2.45) is 0 Å². The number of piperazine rings is 1. The van der Waals surface area contributed by atoms with E-state index in [-0.39, 0.29) is 11.3 Å². The lowest BCUT2D eigenvalue weighted by molar-refractivity contribution is 0.0628. The predicted molar refractivity (Wildman–Crippen MR) is 168 cm³/mol. The zero-order valence-corrected chi connectivity index (χ0v) is 25.4. The lowest BCUT2D eigenvalue weighted by Gasteiger charge is -2.44. The number of nitrogens with zero attached hydrogens (tertiary/aromatic N) is 3. The SMILES string of the molecule is C/C=C(\C)C1(c2ccc(OC)cc2)CCCN(Cc2ccc(C(=O)N3CCN(Cc4ccc(Cl)cc4)CC3)cc2)C1. The van der Waals surface area contributed by atoms with Crippen LogP contribution < -0.4 is 4.74 Å². The topological polar surface area (TPSA) is 36.0 Å². The molecule has 1 unspecified atom stereocenters. The van der Waals surface area contributed by atoms with Crippen molar-refractivity contribution in [3.05, 3.63) is 112 Å². The van der Waals surface area contributed by atoms with Crippen molar-refractivity contribution in [2.75, 3.05) is 46.4 Å². The quantitative estimate of drug-likeness (QED) is 0.278. The Morgan fingerprint density at radius 2 is 1.46 bits per heavy atom. The molecule has 0 bridgehead atoms. The van der Waals surface area contributed by atoms with Gasteiger partial charge in [0.1, 0.15) is 5.75 Å². The van der Waals surface area contributed by atoms with Crippen molar-refractivity contribution >= 4 is 17.5 Å². The molecule has 3 aromatic rings. The van der Waals surface area contributed by atoms with Crippen LogP contribution in [0.15, 0.2) is 84.4 Å². The third-order valence-electron chi connectivity index (χ3n) is 8.99. The number of amides is 1. The molecule has 2 fully saturated rings. The molecule has 0 saturated carbocycles. The van der Waals surface area contributed by atoms with Gasteiger partial charge >= 0.3 is 0 Å². The van der Waals surface area contributed by atoms with E-state index >= 15 is 0 Å². The summed E-state index contributed by atoms with van der Waals surface area (Å²) in [6, 6.07) is 24.9.